The van der Waals surface area contributed by atoms with Crippen molar-refractivity contribution >= 4 is 57.3 Å². The number of hydrogen-bond acceptors (Lipinski definition) is 8. The first-order chi connectivity index (χ1) is 18.9. The molecule has 1 aliphatic rings. The molecule has 0 bridgehead atoms. The van der Waals surface area contributed by atoms with E-state index < -0.39 is 12.0 Å². The van der Waals surface area contributed by atoms with E-state index in [-0.39, 0.29) is 12.2 Å². The number of hydrogen-bond donors (Lipinski definition) is 0. The number of carbonyl (C=O) groups excluding carboxylic acids is 1. The van der Waals surface area contributed by atoms with E-state index in [9.17, 15) is 9.59 Å². The Kier molecular flexibility index (Phi) is 8.34. The molecule has 7 nitrogen and oxygen atoms in total. The van der Waals surface area contributed by atoms with Gasteiger partial charge in [0.1, 0.15) is 12.6 Å². The highest BCUT2D eigenvalue weighted by Gasteiger charge is 2.33. The number of esters is 1. The first-order valence-electron chi connectivity index (χ1n) is 12.2. The van der Waals surface area contributed by atoms with Gasteiger partial charge in [0.2, 0.25) is 0 Å². The monoisotopic (exact) mass is 672 g/mol. The van der Waals surface area contributed by atoms with Crippen molar-refractivity contribution < 1.29 is 19.0 Å². The van der Waals surface area contributed by atoms with Gasteiger partial charge in [-0.05, 0) is 77.2 Å². The topological polar surface area (TPSA) is 79.1 Å². The second-order valence-corrected chi connectivity index (χ2v) is 11.8. The number of rotatable bonds is 8. The summed E-state index contributed by atoms with van der Waals surface area (Å²) in [4.78, 5) is 32.8. The smallest absolute Gasteiger partial charge is 0.338 e. The maximum absolute atomic E-state index is 13.8. The molecule has 2 aromatic carbocycles. The van der Waals surface area contributed by atoms with E-state index in [1.807, 2.05) is 66.1 Å². The molecule has 0 aliphatic carbocycles. The predicted molar refractivity (Wildman–Crippen MR) is 161 cm³/mol. The number of carbonyl (C=O) groups is 1. The molecule has 39 heavy (non-hydrogen) atoms. The van der Waals surface area contributed by atoms with Crippen LogP contribution in [0.2, 0.25) is 0 Å². The highest BCUT2D eigenvalue weighted by molar-refractivity contribution is 14.1. The highest BCUT2D eigenvalue weighted by atomic mass is 127. The van der Waals surface area contributed by atoms with Crippen LogP contribution < -0.4 is 24.4 Å². The summed E-state index contributed by atoms with van der Waals surface area (Å²) in [5, 5.41) is 1.93. The number of thiophene rings is 1. The summed E-state index contributed by atoms with van der Waals surface area (Å²) in [6.45, 7) is 4.20. The average Bonchev–Trinajstić information content (AvgIpc) is 3.56. The molecule has 0 spiro atoms. The van der Waals surface area contributed by atoms with Gasteiger partial charge < -0.3 is 14.2 Å². The third kappa shape index (κ3) is 5.59. The third-order valence-electron chi connectivity index (χ3n) is 6.11. The molecule has 10 heteroatoms. The molecule has 0 fully saturated rings. The van der Waals surface area contributed by atoms with Gasteiger partial charge in [-0.3, -0.25) is 9.36 Å². The first-order valence-corrected chi connectivity index (χ1v) is 15.0. The van der Waals surface area contributed by atoms with E-state index >= 15 is 0 Å². The Morgan fingerprint density at radius 3 is 2.67 bits per heavy atom. The van der Waals surface area contributed by atoms with Crippen molar-refractivity contribution in [3.8, 4) is 11.5 Å². The number of allylic oxidation sites excluding steroid dienone is 1. The van der Waals surface area contributed by atoms with Crippen LogP contribution in [0.15, 0.2) is 81.0 Å². The lowest BCUT2D eigenvalue weighted by Crippen LogP contribution is -2.39. The Labute approximate surface area is 246 Å². The summed E-state index contributed by atoms with van der Waals surface area (Å²) >= 11 is 5.00. The Balaban J connectivity index is 1.56. The van der Waals surface area contributed by atoms with Crippen LogP contribution in [0.4, 0.5) is 0 Å². The Morgan fingerprint density at radius 1 is 1.18 bits per heavy atom. The third-order valence-corrected chi connectivity index (χ3v) is 8.81. The minimum absolute atomic E-state index is 0.218. The van der Waals surface area contributed by atoms with Gasteiger partial charge in [0.15, 0.2) is 16.3 Å². The molecule has 2 aromatic heterocycles. The molecular formula is C29H25IN2O5S2. The lowest BCUT2D eigenvalue weighted by atomic mass is 10.0. The number of halogens is 1. The van der Waals surface area contributed by atoms with Gasteiger partial charge in [0, 0.05) is 4.88 Å². The number of aromatic nitrogens is 1. The van der Waals surface area contributed by atoms with Gasteiger partial charge in [-0.1, -0.05) is 47.7 Å². The minimum Gasteiger partial charge on any atom is -0.493 e. The van der Waals surface area contributed by atoms with Crippen molar-refractivity contribution in [2.24, 2.45) is 4.99 Å². The van der Waals surface area contributed by atoms with Gasteiger partial charge in [-0.25, -0.2) is 9.79 Å². The molecule has 0 N–H and O–H groups in total. The van der Waals surface area contributed by atoms with Crippen LogP contribution in [-0.4, -0.2) is 24.3 Å². The van der Waals surface area contributed by atoms with Crippen molar-refractivity contribution in [3.05, 3.63) is 111 Å². The quantitative estimate of drug-likeness (QED) is 0.194. The normalized spacial score (nSPS) is 15.1. The maximum Gasteiger partial charge on any atom is 0.338 e. The Morgan fingerprint density at radius 2 is 1.97 bits per heavy atom. The summed E-state index contributed by atoms with van der Waals surface area (Å²) in [7, 11) is 1.60. The number of methoxy groups -OCH3 is 1. The SMILES string of the molecule is CCOC(=O)C1=C(C)N=c2s/c(=C\c3cc(I)c(OCc4ccccc4)c(OC)c3)c(=O)n2C1c1cccs1. The van der Waals surface area contributed by atoms with E-state index in [4.69, 9.17) is 14.2 Å². The van der Waals surface area contributed by atoms with Crippen LogP contribution in [0.3, 0.4) is 0 Å². The summed E-state index contributed by atoms with van der Waals surface area (Å²) < 4.78 is 20.0. The molecule has 4 aromatic rings. The lowest BCUT2D eigenvalue weighted by molar-refractivity contribution is -0.139. The minimum atomic E-state index is -0.592. The molecule has 1 unspecified atom stereocenters. The molecule has 1 atom stereocenters. The zero-order chi connectivity index (χ0) is 27.5. The molecule has 0 radical (unpaired) electrons. The molecule has 200 valence electrons. The number of fused-ring (bicyclic) bond motifs is 1. The summed E-state index contributed by atoms with van der Waals surface area (Å²) in [5.41, 5.74) is 2.57. The van der Waals surface area contributed by atoms with Crippen molar-refractivity contribution in [1.29, 1.82) is 0 Å². The number of benzene rings is 2. The summed E-state index contributed by atoms with van der Waals surface area (Å²) in [6, 6.07) is 17.0. The Bertz CT molecular complexity index is 1720. The van der Waals surface area contributed by atoms with Crippen molar-refractivity contribution in [2.75, 3.05) is 13.7 Å². The van der Waals surface area contributed by atoms with Crippen molar-refractivity contribution in [1.82, 2.24) is 4.57 Å². The van der Waals surface area contributed by atoms with E-state index in [1.54, 1.807) is 25.5 Å². The number of ether oxygens (including phenoxy) is 3. The van der Waals surface area contributed by atoms with Crippen LogP contribution in [0.5, 0.6) is 11.5 Å². The fraction of sp³-hybridized carbons (Fsp3) is 0.207. The van der Waals surface area contributed by atoms with Crippen LogP contribution >= 0.6 is 45.3 Å². The standard InChI is InChI=1S/C29H25IN2O5S2/c1-4-36-28(34)24-17(2)31-29-32(25(24)22-11-8-12-38-22)27(33)23(39-29)15-19-13-20(30)26(21(14-19)35-3)37-16-18-9-6-5-7-10-18/h5-15,25H,4,16H2,1-3H3/b23-15-. The van der Waals surface area contributed by atoms with Gasteiger partial charge >= 0.3 is 5.97 Å². The Hall–Kier alpha value is -3.22. The molecule has 3 heterocycles. The predicted octanol–water partition coefficient (Wildman–Crippen LogP) is 5.05. The molecule has 5 rings (SSSR count). The van der Waals surface area contributed by atoms with E-state index in [2.05, 4.69) is 27.6 Å². The fourth-order valence-electron chi connectivity index (χ4n) is 4.35. The fourth-order valence-corrected chi connectivity index (χ4v) is 7.00. The first kappa shape index (κ1) is 27.4. The van der Waals surface area contributed by atoms with E-state index in [0.29, 0.717) is 38.7 Å². The summed E-state index contributed by atoms with van der Waals surface area (Å²) in [5.74, 6) is 0.763. The van der Waals surface area contributed by atoms with Crippen LogP contribution in [0.1, 0.15) is 35.9 Å². The van der Waals surface area contributed by atoms with E-state index in [0.717, 1.165) is 19.6 Å². The zero-order valence-corrected chi connectivity index (χ0v) is 25.3. The van der Waals surface area contributed by atoms with Gasteiger partial charge in [-0.2, -0.15) is 0 Å². The second-order valence-electron chi connectivity index (χ2n) is 8.63. The van der Waals surface area contributed by atoms with Gasteiger partial charge in [0.05, 0.1) is 33.1 Å². The maximum atomic E-state index is 13.8. The summed E-state index contributed by atoms with van der Waals surface area (Å²) in [6.07, 6.45) is 1.82. The molecule has 1 aliphatic heterocycles. The van der Waals surface area contributed by atoms with Gasteiger partial charge in [0.25, 0.3) is 5.56 Å². The largest absolute Gasteiger partial charge is 0.493 e. The van der Waals surface area contributed by atoms with Crippen LogP contribution in [-0.2, 0) is 16.1 Å². The van der Waals surface area contributed by atoms with E-state index in [1.165, 1.54) is 22.7 Å². The second kappa shape index (κ2) is 11.9. The number of thiazole rings is 1. The van der Waals surface area contributed by atoms with Crippen molar-refractivity contribution in [2.45, 2.75) is 26.5 Å². The average molecular weight is 673 g/mol. The molecule has 0 amide bonds. The van der Waals surface area contributed by atoms with Crippen LogP contribution in [0, 0.1) is 3.57 Å². The molecular weight excluding hydrogens is 647 g/mol. The zero-order valence-electron chi connectivity index (χ0n) is 21.5. The molecule has 0 saturated carbocycles. The number of nitrogens with zero attached hydrogens (tertiary/aromatic N) is 2. The van der Waals surface area contributed by atoms with Gasteiger partial charge in [-0.15, -0.1) is 11.3 Å². The van der Waals surface area contributed by atoms with Crippen molar-refractivity contribution in [3.63, 3.8) is 0 Å². The van der Waals surface area contributed by atoms with Crippen LogP contribution in [0.25, 0.3) is 6.08 Å². The molecule has 0 saturated heterocycles. The lowest BCUT2D eigenvalue weighted by Gasteiger charge is -2.23. The highest BCUT2D eigenvalue weighted by Crippen LogP contribution is 2.35.